The van der Waals surface area contributed by atoms with Gasteiger partial charge in [0.05, 0.1) is 0 Å². The van der Waals surface area contributed by atoms with E-state index in [-0.39, 0.29) is 5.54 Å². The second-order valence-corrected chi connectivity index (χ2v) is 5.87. The van der Waals surface area contributed by atoms with E-state index in [0.29, 0.717) is 0 Å². The van der Waals surface area contributed by atoms with Gasteiger partial charge in [-0.2, -0.15) is 0 Å². The molecular weight excluding hydrogens is 208 g/mol. The third kappa shape index (κ3) is 2.06. The van der Waals surface area contributed by atoms with Crippen LogP contribution in [-0.4, -0.2) is 18.6 Å². The molecule has 0 saturated heterocycles. The van der Waals surface area contributed by atoms with Gasteiger partial charge in [0, 0.05) is 24.3 Å². The minimum atomic E-state index is 0.0967. The number of anilines is 1. The van der Waals surface area contributed by atoms with Crippen molar-refractivity contribution in [2.75, 3.05) is 18.0 Å². The molecule has 2 aliphatic rings. The van der Waals surface area contributed by atoms with Crippen molar-refractivity contribution in [2.45, 2.75) is 44.6 Å². The van der Waals surface area contributed by atoms with Crippen molar-refractivity contribution < 1.29 is 0 Å². The fourth-order valence-corrected chi connectivity index (χ4v) is 3.14. The van der Waals surface area contributed by atoms with Crippen molar-refractivity contribution in [3.8, 4) is 0 Å². The van der Waals surface area contributed by atoms with Crippen LogP contribution in [0.3, 0.4) is 0 Å². The molecule has 1 saturated carbocycles. The van der Waals surface area contributed by atoms with E-state index >= 15 is 0 Å². The van der Waals surface area contributed by atoms with E-state index < -0.39 is 0 Å². The molecule has 1 aromatic rings. The van der Waals surface area contributed by atoms with Gasteiger partial charge in [-0.3, -0.25) is 0 Å². The van der Waals surface area contributed by atoms with E-state index in [4.69, 9.17) is 5.73 Å². The highest BCUT2D eigenvalue weighted by molar-refractivity contribution is 5.57. The van der Waals surface area contributed by atoms with Crippen LogP contribution in [0.25, 0.3) is 0 Å². The molecule has 1 fully saturated rings. The topological polar surface area (TPSA) is 29.3 Å². The lowest BCUT2D eigenvalue weighted by atomic mass is 9.77. The van der Waals surface area contributed by atoms with E-state index in [1.54, 1.807) is 0 Å². The highest BCUT2D eigenvalue weighted by Gasteiger charge is 2.35. The number of hydrogen-bond acceptors (Lipinski definition) is 2. The van der Waals surface area contributed by atoms with E-state index in [1.165, 1.54) is 55.5 Å². The standard InChI is InChI=1S/C15H22N2/c1-12-5-6-14-13(10-12)4-2-9-17(14)11-15(16)7-3-8-15/h5-6,10H,2-4,7-9,11,16H2,1H3. The van der Waals surface area contributed by atoms with Gasteiger partial charge in [-0.15, -0.1) is 0 Å². The first-order chi connectivity index (χ1) is 8.16. The van der Waals surface area contributed by atoms with Gasteiger partial charge in [0.15, 0.2) is 0 Å². The fourth-order valence-electron chi connectivity index (χ4n) is 3.14. The van der Waals surface area contributed by atoms with Gasteiger partial charge in [0.25, 0.3) is 0 Å². The molecule has 17 heavy (non-hydrogen) atoms. The predicted octanol–water partition coefficient (Wildman–Crippen LogP) is 2.63. The number of aryl methyl sites for hydroxylation is 2. The first kappa shape index (κ1) is 11.1. The summed E-state index contributed by atoms with van der Waals surface area (Å²) in [7, 11) is 0. The van der Waals surface area contributed by atoms with Gasteiger partial charge in [-0.05, 0) is 50.7 Å². The monoisotopic (exact) mass is 230 g/mol. The molecule has 1 aliphatic carbocycles. The molecule has 1 aliphatic heterocycles. The van der Waals surface area contributed by atoms with Crippen molar-refractivity contribution in [3.63, 3.8) is 0 Å². The Labute approximate surface area is 104 Å². The Balaban J connectivity index is 1.84. The van der Waals surface area contributed by atoms with E-state index in [2.05, 4.69) is 30.0 Å². The molecule has 1 aromatic carbocycles. The number of fused-ring (bicyclic) bond motifs is 1. The molecule has 0 amide bonds. The first-order valence-electron chi connectivity index (χ1n) is 6.80. The Morgan fingerprint density at radius 1 is 1.29 bits per heavy atom. The molecular formula is C15H22N2. The van der Waals surface area contributed by atoms with Crippen molar-refractivity contribution in [1.82, 2.24) is 0 Å². The zero-order valence-corrected chi connectivity index (χ0v) is 10.7. The number of benzene rings is 1. The van der Waals surface area contributed by atoms with E-state index in [0.717, 1.165) is 6.54 Å². The quantitative estimate of drug-likeness (QED) is 0.846. The Hall–Kier alpha value is -1.02. The van der Waals surface area contributed by atoms with Gasteiger partial charge in [0.1, 0.15) is 0 Å². The van der Waals surface area contributed by atoms with E-state index in [1.807, 2.05) is 0 Å². The highest BCUT2D eigenvalue weighted by atomic mass is 15.2. The lowest BCUT2D eigenvalue weighted by Crippen LogP contribution is -2.55. The maximum atomic E-state index is 6.38. The van der Waals surface area contributed by atoms with Crippen molar-refractivity contribution >= 4 is 5.69 Å². The fraction of sp³-hybridized carbons (Fsp3) is 0.600. The summed E-state index contributed by atoms with van der Waals surface area (Å²) in [6.07, 6.45) is 6.21. The Kier molecular flexibility index (Phi) is 2.62. The third-order valence-corrected chi connectivity index (χ3v) is 4.30. The lowest BCUT2D eigenvalue weighted by molar-refractivity contribution is 0.251. The van der Waals surface area contributed by atoms with Gasteiger partial charge in [-0.25, -0.2) is 0 Å². The Morgan fingerprint density at radius 2 is 2.12 bits per heavy atom. The molecule has 0 radical (unpaired) electrons. The molecule has 0 bridgehead atoms. The van der Waals surface area contributed by atoms with Crippen LogP contribution in [0.4, 0.5) is 5.69 Å². The molecule has 2 heteroatoms. The molecule has 92 valence electrons. The van der Waals surface area contributed by atoms with Gasteiger partial charge < -0.3 is 10.6 Å². The molecule has 1 heterocycles. The molecule has 0 unspecified atom stereocenters. The van der Waals surface area contributed by atoms with Crippen molar-refractivity contribution in [2.24, 2.45) is 5.73 Å². The van der Waals surface area contributed by atoms with Gasteiger partial charge >= 0.3 is 0 Å². The number of hydrogen-bond donors (Lipinski definition) is 1. The molecule has 0 spiro atoms. The van der Waals surface area contributed by atoms with Crippen LogP contribution in [0.15, 0.2) is 18.2 Å². The second kappa shape index (κ2) is 4.02. The van der Waals surface area contributed by atoms with Crippen LogP contribution in [-0.2, 0) is 6.42 Å². The van der Waals surface area contributed by atoms with Crippen LogP contribution in [0.2, 0.25) is 0 Å². The molecule has 3 rings (SSSR count). The minimum Gasteiger partial charge on any atom is -0.369 e. The normalized spacial score (nSPS) is 21.9. The van der Waals surface area contributed by atoms with Crippen LogP contribution < -0.4 is 10.6 Å². The average Bonchev–Trinajstić information content (AvgIpc) is 2.27. The summed E-state index contributed by atoms with van der Waals surface area (Å²) in [5.41, 5.74) is 10.8. The summed E-state index contributed by atoms with van der Waals surface area (Å²) in [6.45, 7) is 4.40. The summed E-state index contributed by atoms with van der Waals surface area (Å²) < 4.78 is 0. The zero-order valence-electron chi connectivity index (χ0n) is 10.7. The highest BCUT2D eigenvalue weighted by Crippen LogP contribution is 2.34. The molecule has 2 N–H and O–H groups in total. The minimum absolute atomic E-state index is 0.0967. The average molecular weight is 230 g/mol. The van der Waals surface area contributed by atoms with Crippen LogP contribution >= 0.6 is 0 Å². The van der Waals surface area contributed by atoms with E-state index in [9.17, 15) is 0 Å². The van der Waals surface area contributed by atoms with Crippen LogP contribution in [0.1, 0.15) is 36.8 Å². The maximum absolute atomic E-state index is 6.38. The molecule has 2 nitrogen and oxygen atoms in total. The summed E-state index contributed by atoms with van der Waals surface area (Å²) in [4.78, 5) is 2.51. The lowest BCUT2D eigenvalue weighted by Gasteiger charge is -2.44. The third-order valence-electron chi connectivity index (χ3n) is 4.30. The number of rotatable bonds is 2. The molecule has 0 atom stereocenters. The number of nitrogens with zero attached hydrogens (tertiary/aromatic N) is 1. The smallest absolute Gasteiger partial charge is 0.0399 e. The summed E-state index contributed by atoms with van der Waals surface area (Å²) in [6, 6.07) is 6.85. The maximum Gasteiger partial charge on any atom is 0.0399 e. The van der Waals surface area contributed by atoms with Crippen LogP contribution in [0, 0.1) is 6.92 Å². The molecule has 0 aromatic heterocycles. The SMILES string of the molecule is Cc1ccc2c(c1)CCCN2CC1(N)CCC1. The van der Waals surface area contributed by atoms with Gasteiger partial charge in [0.2, 0.25) is 0 Å². The zero-order chi connectivity index (χ0) is 11.9. The second-order valence-electron chi connectivity index (χ2n) is 5.87. The van der Waals surface area contributed by atoms with Gasteiger partial charge in [-0.1, -0.05) is 17.7 Å². The van der Waals surface area contributed by atoms with Crippen molar-refractivity contribution in [3.05, 3.63) is 29.3 Å². The van der Waals surface area contributed by atoms with Crippen LogP contribution in [0.5, 0.6) is 0 Å². The largest absolute Gasteiger partial charge is 0.369 e. The summed E-state index contributed by atoms with van der Waals surface area (Å²) >= 11 is 0. The summed E-state index contributed by atoms with van der Waals surface area (Å²) in [5.74, 6) is 0. The number of nitrogens with two attached hydrogens (primary N) is 1. The van der Waals surface area contributed by atoms with Crippen molar-refractivity contribution in [1.29, 1.82) is 0 Å². The first-order valence-corrected chi connectivity index (χ1v) is 6.80. The Bertz CT molecular complexity index is 421. The predicted molar refractivity (Wildman–Crippen MR) is 72.5 cm³/mol. The summed E-state index contributed by atoms with van der Waals surface area (Å²) in [5, 5.41) is 0. The Morgan fingerprint density at radius 3 is 2.82 bits per heavy atom.